The SMILES string of the molecule is CNC(=O)CCNC1=NCC(c2ccccc2)S1. The molecule has 4 nitrogen and oxygen atoms in total. The zero-order valence-corrected chi connectivity index (χ0v) is 11.2. The summed E-state index contributed by atoms with van der Waals surface area (Å²) >= 11 is 1.73. The molecule has 1 aromatic carbocycles. The van der Waals surface area contributed by atoms with Crippen LogP contribution in [-0.4, -0.2) is 31.2 Å². The van der Waals surface area contributed by atoms with E-state index in [1.807, 2.05) is 18.2 Å². The number of nitrogens with one attached hydrogen (secondary N) is 2. The smallest absolute Gasteiger partial charge is 0.221 e. The van der Waals surface area contributed by atoms with Gasteiger partial charge in [-0.3, -0.25) is 9.79 Å². The normalized spacial score (nSPS) is 18.3. The monoisotopic (exact) mass is 263 g/mol. The third-order valence-corrected chi connectivity index (χ3v) is 3.94. The van der Waals surface area contributed by atoms with E-state index in [9.17, 15) is 4.79 Å². The Morgan fingerprint density at radius 1 is 1.44 bits per heavy atom. The average molecular weight is 263 g/mol. The van der Waals surface area contributed by atoms with E-state index in [0.717, 1.165) is 11.7 Å². The number of carbonyl (C=O) groups excluding carboxylic acids is 1. The predicted octanol–water partition coefficient (Wildman–Crippen LogP) is 1.56. The fraction of sp³-hybridized carbons (Fsp3) is 0.385. The lowest BCUT2D eigenvalue weighted by atomic mass is 10.1. The second kappa shape index (κ2) is 6.44. The van der Waals surface area contributed by atoms with Crippen LogP contribution in [0, 0.1) is 0 Å². The van der Waals surface area contributed by atoms with Crippen molar-refractivity contribution in [3.63, 3.8) is 0 Å². The molecule has 1 aliphatic rings. The second-order valence-corrected chi connectivity index (χ2v) is 5.20. The number of thioether (sulfide) groups is 1. The molecule has 0 spiro atoms. The fourth-order valence-corrected chi connectivity index (χ4v) is 2.77. The number of hydrogen-bond acceptors (Lipinski definition) is 4. The number of hydrogen-bond donors (Lipinski definition) is 2. The molecular weight excluding hydrogens is 246 g/mol. The number of rotatable bonds is 4. The van der Waals surface area contributed by atoms with Crippen LogP contribution >= 0.6 is 11.8 Å². The summed E-state index contributed by atoms with van der Waals surface area (Å²) < 4.78 is 0. The van der Waals surface area contributed by atoms with Crippen LogP contribution in [0.5, 0.6) is 0 Å². The van der Waals surface area contributed by atoms with E-state index in [-0.39, 0.29) is 5.91 Å². The lowest BCUT2D eigenvalue weighted by Gasteiger charge is -2.09. The summed E-state index contributed by atoms with van der Waals surface area (Å²) in [6.45, 7) is 1.43. The molecule has 0 fully saturated rings. The summed E-state index contributed by atoms with van der Waals surface area (Å²) in [4.78, 5) is 15.5. The minimum absolute atomic E-state index is 0.0470. The van der Waals surface area contributed by atoms with Crippen molar-refractivity contribution in [3.05, 3.63) is 35.9 Å². The molecule has 0 aliphatic carbocycles. The largest absolute Gasteiger partial charge is 0.364 e. The summed E-state index contributed by atoms with van der Waals surface area (Å²) in [7, 11) is 1.65. The Hall–Kier alpha value is -1.49. The van der Waals surface area contributed by atoms with Gasteiger partial charge in [0.15, 0.2) is 5.17 Å². The molecule has 0 aromatic heterocycles. The average Bonchev–Trinajstić information content (AvgIpc) is 2.88. The third kappa shape index (κ3) is 3.50. The minimum atomic E-state index is 0.0470. The van der Waals surface area contributed by atoms with Gasteiger partial charge in [-0.2, -0.15) is 0 Å². The Bertz CT molecular complexity index is 433. The quantitative estimate of drug-likeness (QED) is 0.866. The molecule has 2 N–H and O–H groups in total. The first kappa shape index (κ1) is 13.0. The van der Waals surface area contributed by atoms with Gasteiger partial charge < -0.3 is 10.6 Å². The molecule has 1 aromatic rings. The van der Waals surface area contributed by atoms with Gasteiger partial charge >= 0.3 is 0 Å². The van der Waals surface area contributed by atoms with Gasteiger partial charge in [0.05, 0.1) is 11.8 Å². The molecule has 2 rings (SSSR count). The molecular formula is C13H17N3OS. The molecule has 1 aliphatic heterocycles. The van der Waals surface area contributed by atoms with Crippen molar-refractivity contribution in [2.75, 3.05) is 20.1 Å². The van der Waals surface area contributed by atoms with E-state index in [1.165, 1.54) is 5.56 Å². The van der Waals surface area contributed by atoms with Crippen LogP contribution in [0.25, 0.3) is 0 Å². The maximum atomic E-state index is 11.1. The van der Waals surface area contributed by atoms with Gasteiger partial charge in [-0.1, -0.05) is 42.1 Å². The molecule has 0 saturated heterocycles. The highest BCUT2D eigenvalue weighted by Gasteiger charge is 2.20. The van der Waals surface area contributed by atoms with Crippen LogP contribution in [-0.2, 0) is 4.79 Å². The number of amides is 1. The number of nitrogens with zero attached hydrogens (tertiary/aromatic N) is 1. The summed E-state index contributed by atoms with van der Waals surface area (Å²) in [6.07, 6.45) is 0.478. The van der Waals surface area contributed by atoms with Gasteiger partial charge in [0, 0.05) is 20.0 Å². The highest BCUT2D eigenvalue weighted by atomic mass is 32.2. The van der Waals surface area contributed by atoms with Crippen LogP contribution in [0.2, 0.25) is 0 Å². The molecule has 0 bridgehead atoms. The van der Waals surface area contributed by atoms with Crippen molar-refractivity contribution in [1.82, 2.24) is 10.6 Å². The van der Waals surface area contributed by atoms with Crippen LogP contribution in [0.15, 0.2) is 35.3 Å². The van der Waals surface area contributed by atoms with Crippen LogP contribution in [0.4, 0.5) is 0 Å². The van der Waals surface area contributed by atoms with Gasteiger partial charge in [0.25, 0.3) is 0 Å². The lowest BCUT2D eigenvalue weighted by Crippen LogP contribution is -2.26. The maximum absolute atomic E-state index is 11.1. The van der Waals surface area contributed by atoms with E-state index in [2.05, 4.69) is 27.8 Å². The third-order valence-electron chi connectivity index (χ3n) is 2.73. The van der Waals surface area contributed by atoms with E-state index in [0.29, 0.717) is 18.2 Å². The number of carbonyl (C=O) groups is 1. The molecule has 1 heterocycles. The molecule has 1 amide bonds. The molecule has 18 heavy (non-hydrogen) atoms. The van der Waals surface area contributed by atoms with Crippen molar-refractivity contribution in [3.8, 4) is 0 Å². The Morgan fingerprint density at radius 3 is 2.94 bits per heavy atom. The van der Waals surface area contributed by atoms with E-state index < -0.39 is 0 Å². The van der Waals surface area contributed by atoms with Gasteiger partial charge in [-0.15, -0.1) is 0 Å². The lowest BCUT2D eigenvalue weighted by molar-refractivity contribution is -0.120. The molecule has 0 radical (unpaired) electrons. The van der Waals surface area contributed by atoms with Gasteiger partial charge in [0.2, 0.25) is 5.91 Å². The molecule has 5 heteroatoms. The first-order valence-electron chi connectivity index (χ1n) is 6.00. The number of benzene rings is 1. The summed E-state index contributed by atoms with van der Waals surface area (Å²) in [5.41, 5.74) is 1.30. The standard InChI is InChI=1S/C13H17N3OS/c1-14-12(17)7-8-15-13-16-9-11(18-13)10-5-3-2-4-6-10/h2-6,11H,7-9H2,1H3,(H,14,17)(H,15,16). The predicted molar refractivity (Wildman–Crippen MR) is 75.8 cm³/mol. The van der Waals surface area contributed by atoms with Gasteiger partial charge in [-0.05, 0) is 5.56 Å². The van der Waals surface area contributed by atoms with Crippen LogP contribution in [0.1, 0.15) is 17.2 Å². The number of aliphatic imine (C=N–C) groups is 1. The molecule has 0 saturated carbocycles. The first-order chi connectivity index (χ1) is 8.79. The topological polar surface area (TPSA) is 53.5 Å². The van der Waals surface area contributed by atoms with Crippen molar-refractivity contribution < 1.29 is 4.79 Å². The zero-order valence-electron chi connectivity index (χ0n) is 10.3. The van der Waals surface area contributed by atoms with Crippen molar-refractivity contribution in [2.24, 2.45) is 4.99 Å². The number of amidine groups is 1. The van der Waals surface area contributed by atoms with Crippen LogP contribution in [0.3, 0.4) is 0 Å². The van der Waals surface area contributed by atoms with Crippen molar-refractivity contribution in [2.45, 2.75) is 11.7 Å². The Morgan fingerprint density at radius 2 is 2.22 bits per heavy atom. The van der Waals surface area contributed by atoms with Crippen molar-refractivity contribution >= 4 is 22.8 Å². The van der Waals surface area contributed by atoms with E-state index >= 15 is 0 Å². The summed E-state index contributed by atoms with van der Waals surface area (Å²) in [6, 6.07) is 10.4. The highest BCUT2D eigenvalue weighted by molar-refractivity contribution is 8.14. The summed E-state index contributed by atoms with van der Waals surface area (Å²) in [5, 5.41) is 7.13. The molecule has 96 valence electrons. The fourth-order valence-electron chi connectivity index (χ4n) is 1.72. The maximum Gasteiger partial charge on any atom is 0.221 e. The first-order valence-corrected chi connectivity index (χ1v) is 6.88. The van der Waals surface area contributed by atoms with E-state index in [4.69, 9.17) is 0 Å². The highest BCUT2D eigenvalue weighted by Crippen LogP contribution is 2.33. The summed E-state index contributed by atoms with van der Waals surface area (Å²) in [5.74, 6) is 0.0470. The van der Waals surface area contributed by atoms with Gasteiger partial charge in [0.1, 0.15) is 0 Å². The Labute approximate surface area is 111 Å². The Balaban J connectivity index is 1.76. The van der Waals surface area contributed by atoms with Crippen LogP contribution < -0.4 is 10.6 Å². The van der Waals surface area contributed by atoms with Crippen molar-refractivity contribution in [1.29, 1.82) is 0 Å². The Kier molecular flexibility index (Phi) is 4.64. The van der Waals surface area contributed by atoms with E-state index in [1.54, 1.807) is 18.8 Å². The molecule has 1 unspecified atom stereocenters. The molecule has 1 atom stereocenters. The van der Waals surface area contributed by atoms with Gasteiger partial charge in [-0.25, -0.2) is 0 Å². The minimum Gasteiger partial charge on any atom is -0.364 e. The zero-order chi connectivity index (χ0) is 12.8. The second-order valence-electron chi connectivity index (χ2n) is 4.01.